The predicted molar refractivity (Wildman–Crippen MR) is 74.9 cm³/mol. The van der Waals surface area contributed by atoms with E-state index in [9.17, 15) is 0 Å². The quantitative estimate of drug-likeness (QED) is 0.840. The zero-order chi connectivity index (χ0) is 11.5. The largest absolute Gasteiger partial charge is 0.399 e. The van der Waals surface area contributed by atoms with Crippen molar-refractivity contribution in [2.75, 3.05) is 11.1 Å². The summed E-state index contributed by atoms with van der Waals surface area (Å²) in [5.41, 5.74) is 8.82. The molecule has 0 amide bonds. The van der Waals surface area contributed by atoms with E-state index in [1.165, 1.54) is 4.88 Å². The average molecular weight is 297 g/mol. The van der Waals surface area contributed by atoms with E-state index in [0.29, 0.717) is 0 Å². The maximum Gasteiger partial charge on any atom is 0.0702 e. The van der Waals surface area contributed by atoms with E-state index in [4.69, 9.17) is 5.73 Å². The second-order valence-corrected chi connectivity index (χ2v) is 6.18. The van der Waals surface area contributed by atoms with Crippen molar-refractivity contribution in [1.82, 2.24) is 0 Å². The Bertz CT molecular complexity index is 494. The number of nitrogens with two attached hydrogens (primary N) is 1. The number of aryl methyl sites for hydroxylation is 1. The molecule has 84 valence electrons. The molecule has 1 aromatic heterocycles. The van der Waals surface area contributed by atoms with Gasteiger partial charge in [-0.1, -0.05) is 0 Å². The highest BCUT2D eigenvalue weighted by Gasteiger charge is 1.99. The van der Waals surface area contributed by atoms with Crippen LogP contribution in [0.2, 0.25) is 0 Å². The third kappa shape index (κ3) is 2.77. The minimum Gasteiger partial charge on any atom is -0.399 e. The van der Waals surface area contributed by atoms with Crippen molar-refractivity contribution >= 4 is 38.6 Å². The molecule has 3 N–H and O–H groups in total. The molecular weight excluding hydrogens is 284 g/mol. The standard InChI is InChI=1S/C12H13BrN2S/c1-8-6-9(2-4-11(8)14)15-7-10-3-5-12(13)16-10/h2-6,15H,7,14H2,1H3. The fourth-order valence-corrected chi connectivity index (χ4v) is 2.84. The molecule has 0 unspecified atom stereocenters. The van der Waals surface area contributed by atoms with Gasteiger partial charge in [0.25, 0.3) is 0 Å². The van der Waals surface area contributed by atoms with Gasteiger partial charge in [0.2, 0.25) is 0 Å². The molecule has 0 aliphatic heterocycles. The van der Waals surface area contributed by atoms with Crippen LogP contribution < -0.4 is 11.1 Å². The molecule has 16 heavy (non-hydrogen) atoms. The molecule has 0 bridgehead atoms. The summed E-state index contributed by atoms with van der Waals surface area (Å²) in [5.74, 6) is 0. The monoisotopic (exact) mass is 296 g/mol. The second kappa shape index (κ2) is 4.89. The van der Waals surface area contributed by atoms with Crippen LogP contribution in [0.3, 0.4) is 0 Å². The average Bonchev–Trinajstić information content (AvgIpc) is 2.66. The number of thiophene rings is 1. The Labute approximate surface area is 108 Å². The van der Waals surface area contributed by atoms with Crippen LogP contribution in [-0.2, 0) is 6.54 Å². The van der Waals surface area contributed by atoms with Gasteiger partial charge in [-0.05, 0) is 58.7 Å². The van der Waals surface area contributed by atoms with Gasteiger partial charge in [0.15, 0.2) is 0 Å². The number of anilines is 2. The summed E-state index contributed by atoms with van der Waals surface area (Å²) >= 11 is 5.20. The first-order chi connectivity index (χ1) is 7.65. The molecule has 0 aliphatic rings. The highest BCUT2D eigenvalue weighted by atomic mass is 79.9. The lowest BCUT2D eigenvalue weighted by Gasteiger charge is -2.07. The van der Waals surface area contributed by atoms with Crippen molar-refractivity contribution in [2.24, 2.45) is 0 Å². The topological polar surface area (TPSA) is 38.0 Å². The van der Waals surface area contributed by atoms with Crippen LogP contribution in [0.25, 0.3) is 0 Å². The molecule has 0 radical (unpaired) electrons. The fourth-order valence-electron chi connectivity index (χ4n) is 1.42. The van der Waals surface area contributed by atoms with E-state index in [1.54, 1.807) is 11.3 Å². The number of hydrogen-bond acceptors (Lipinski definition) is 3. The molecule has 0 spiro atoms. The van der Waals surface area contributed by atoms with Crippen molar-refractivity contribution in [2.45, 2.75) is 13.5 Å². The van der Waals surface area contributed by atoms with Gasteiger partial charge in [0, 0.05) is 22.8 Å². The van der Waals surface area contributed by atoms with Crippen LogP contribution in [0.5, 0.6) is 0 Å². The number of hydrogen-bond donors (Lipinski definition) is 2. The minimum atomic E-state index is 0.837. The van der Waals surface area contributed by atoms with Crippen LogP contribution in [0.15, 0.2) is 34.1 Å². The van der Waals surface area contributed by atoms with E-state index in [2.05, 4.69) is 39.4 Å². The fraction of sp³-hybridized carbons (Fsp3) is 0.167. The number of nitrogen functional groups attached to an aromatic ring is 1. The maximum atomic E-state index is 5.77. The smallest absolute Gasteiger partial charge is 0.0702 e. The normalized spacial score (nSPS) is 10.4. The minimum absolute atomic E-state index is 0.837. The lowest BCUT2D eigenvalue weighted by atomic mass is 10.2. The summed E-state index contributed by atoms with van der Waals surface area (Å²) in [6.07, 6.45) is 0. The molecule has 0 fully saturated rings. The molecule has 4 heteroatoms. The van der Waals surface area contributed by atoms with E-state index >= 15 is 0 Å². The number of halogens is 1. The molecule has 2 aromatic rings. The maximum absolute atomic E-state index is 5.77. The van der Waals surface area contributed by atoms with Crippen LogP contribution in [0.4, 0.5) is 11.4 Å². The summed E-state index contributed by atoms with van der Waals surface area (Å²) in [4.78, 5) is 1.31. The van der Waals surface area contributed by atoms with Crippen LogP contribution >= 0.6 is 27.3 Å². The van der Waals surface area contributed by atoms with Crippen LogP contribution in [0, 0.1) is 6.92 Å². The second-order valence-electron chi connectivity index (χ2n) is 3.63. The van der Waals surface area contributed by atoms with Gasteiger partial charge >= 0.3 is 0 Å². The van der Waals surface area contributed by atoms with E-state index < -0.39 is 0 Å². The Kier molecular flexibility index (Phi) is 3.51. The lowest BCUT2D eigenvalue weighted by molar-refractivity contribution is 1.19. The molecule has 0 saturated heterocycles. The van der Waals surface area contributed by atoms with Gasteiger partial charge < -0.3 is 11.1 Å². The summed E-state index contributed by atoms with van der Waals surface area (Å²) in [6.45, 7) is 2.86. The predicted octanol–water partition coefficient (Wildman–Crippen LogP) is 4.01. The van der Waals surface area contributed by atoms with Crippen LogP contribution in [0.1, 0.15) is 10.4 Å². The zero-order valence-corrected chi connectivity index (χ0v) is 11.4. The highest BCUT2D eigenvalue weighted by molar-refractivity contribution is 9.11. The molecule has 0 saturated carbocycles. The van der Waals surface area contributed by atoms with Gasteiger partial charge in [0.1, 0.15) is 0 Å². The van der Waals surface area contributed by atoms with Crippen molar-refractivity contribution < 1.29 is 0 Å². The molecule has 1 heterocycles. The molecule has 0 aliphatic carbocycles. The molecule has 0 atom stereocenters. The summed E-state index contributed by atoms with van der Waals surface area (Å²) in [6, 6.07) is 10.2. The number of nitrogens with one attached hydrogen (secondary N) is 1. The Morgan fingerprint density at radius 3 is 2.75 bits per heavy atom. The first kappa shape index (κ1) is 11.5. The van der Waals surface area contributed by atoms with Crippen molar-refractivity contribution in [3.05, 3.63) is 44.6 Å². The van der Waals surface area contributed by atoms with E-state index in [1.807, 2.05) is 19.1 Å². The van der Waals surface area contributed by atoms with Gasteiger partial charge in [-0.15, -0.1) is 11.3 Å². The zero-order valence-electron chi connectivity index (χ0n) is 8.96. The van der Waals surface area contributed by atoms with Gasteiger partial charge in [-0.3, -0.25) is 0 Å². The van der Waals surface area contributed by atoms with E-state index in [-0.39, 0.29) is 0 Å². The molecule has 2 nitrogen and oxygen atoms in total. The van der Waals surface area contributed by atoms with Gasteiger partial charge in [-0.25, -0.2) is 0 Å². The lowest BCUT2D eigenvalue weighted by Crippen LogP contribution is -1.98. The third-order valence-electron chi connectivity index (χ3n) is 2.37. The molecule has 2 rings (SSSR count). The molecular formula is C12H13BrN2S. The Morgan fingerprint density at radius 1 is 1.31 bits per heavy atom. The summed E-state index contributed by atoms with van der Waals surface area (Å²) in [5, 5.41) is 3.38. The first-order valence-electron chi connectivity index (χ1n) is 4.99. The molecule has 1 aromatic carbocycles. The Hall–Kier alpha value is -1.00. The van der Waals surface area contributed by atoms with Gasteiger partial charge in [0.05, 0.1) is 3.79 Å². The highest BCUT2D eigenvalue weighted by Crippen LogP contribution is 2.23. The number of rotatable bonds is 3. The third-order valence-corrected chi connectivity index (χ3v) is 3.99. The SMILES string of the molecule is Cc1cc(NCc2ccc(Br)s2)ccc1N. The number of benzene rings is 1. The van der Waals surface area contributed by atoms with Crippen LogP contribution in [-0.4, -0.2) is 0 Å². The van der Waals surface area contributed by atoms with Crippen molar-refractivity contribution in [3.63, 3.8) is 0 Å². The summed E-state index contributed by atoms with van der Waals surface area (Å²) < 4.78 is 1.16. The van der Waals surface area contributed by atoms with Gasteiger partial charge in [-0.2, -0.15) is 0 Å². The first-order valence-corrected chi connectivity index (χ1v) is 6.60. The summed E-state index contributed by atoms with van der Waals surface area (Å²) in [7, 11) is 0. The Balaban J connectivity index is 2.02. The van der Waals surface area contributed by atoms with Crippen molar-refractivity contribution in [1.29, 1.82) is 0 Å². The van der Waals surface area contributed by atoms with E-state index in [0.717, 1.165) is 27.3 Å². The Morgan fingerprint density at radius 2 is 2.12 bits per heavy atom. The van der Waals surface area contributed by atoms with Crippen molar-refractivity contribution in [3.8, 4) is 0 Å².